The smallest absolute Gasteiger partial charge is 0.315 e. The topological polar surface area (TPSA) is 52.6 Å². The highest BCUT2D eigenvalue weighted by Crippen LogP contribution is 2.53. The molecule has 4 rings (SSSR count). The Bertz CT molecular complexity index is 954. The lowest BCUT2D eigenvalue weighted by Crippen LogP contribution is -2.39. The summed E-state index contributed by atoms with van der Waals surface area (Å²) in [6.07, 6.45) is 10.9. The molecule has 0 aliphatic heterocycles. The second-order valence-corrected chi connectivity index (χ2v) is 11.2. The first-order valence-corrected chi connectivity index (χ1v) is 14.6. The van der Waals surface area contributed by atoms with E-state index in [2.05, 4.69) is 39.8 Å². The van der Waals surface area contributed by atoms with Crippen molar-refractivity contribution < 1.29 is 19.1 Å². The molecule has 4 nitrogen and oxygen atoms in total. The molecule has 2 saturated carbocycles. The minimum absolute atomic E-state index is 0.200. The Balaban J connectivity index is 1.53. The molecule has 4 heteroatoms. The molecule has 4 atom stereocenters. The Morgan fingerprint density at radius 1 is 0.595 bits per heavy atom. The van der Waals surface area contributed by atoms with Gasteiger partial charge in [-0.25, -0.2) is 0 Å². The van der Waals surface area contributed by atoms with E-state index in [9.17, 15) is 9.59 Å². The molecular weight excluding hydrogens is 460 g/mol. The predicted molar refractivity (Wildman–Crippen MR) is 148 cm³/mol. The van der Waals surface area contributed by atoms with Crippen molar-refractivity contribution in [3.8, 4) is 11.5 Å². The molecule has 2 bridgehead atoms. The minimum atomic E-state index is -0.426. The molecule has 2 aliphatic carbocycles. The van der Waals surface area contributed by atoms with Gasteiger partial charge in [0.25, 0.3) is 0 Å². The van der Waals surface area contributed by atoms with Crippen LogP contribution in [0.15, 0.2) is 36.4 Å². The summed E-state index contributed by atoms with van der Waals surface area (Å²) in [5.74, 6) is 0.247. The van der Waals surface area contributed by atoms with Crippen LogP contribution in [0, 0.1) is 23.7 Å². The van der Waals surface area contributed by atoms with Crippen LogP contribution in [0.3, 0.4) is 0 Å². The lowest BCUT2D eigenvalue weighted by atomic mass is 9.79. The van der Waals surface area contributed by atoms with Gasteiger partial charge in [-0.15, -0.1) is 0 Å². The van der Waals surface area contributed by atoms with Crippen molar-refractivity contribution in [1.82, 2.24) is 0 Å². The lowest BCUT2D eigenvalue weighted by Gasteiger charge is -2.28. The van der Waals surface area contributed by atoms with Gasteiger partial charge < -0.3 is 9.47 Å². The van der Waals surface area contributed by atoms with E-state index in [0.717, 1.165) is 70.6 Å². The highest BCUT2D eigenvalue weighted by molar-refractivity contribution is 5.86. The fourth-order valence-electron chi connectivity index (χ4n) is 6.65. The second-order valence-electron chi connectivity index (χ2n) is 11.2. The molecule has 0 amide bonds. The number of fused-ring (bicyclic) bond motifs is 2. The van der Waals surface area contributed by atoms with Gasteiger partial charge in [-0.3, -0.25) is 9.59 Å². The highest BCUT2D eigenvalue weighted by atomic mass is 16.5. The number of ether oxygens (including phenoxy) is 2. The first-order valence-electron chi connectivity index (χ1n) is 14.6. The average Bonchev–Trinajstić information content (AvgIpc) is 3.47. The maximum absolute atomic E-state index is 13.6. The molecule has 200 valence electrons. The Kier molecular flexibility index (Phi) is 9.45. The first-order chi connectivity index (χ1) is 17.9. The summed E-state index contributed by atoms with van der Waals surface area (Å²) in [6.45, 7) is 8.64. The van der Waals surface area contributed by atoms with Gasteiger partial charge in [-0.2, -0.15) is 0 Å². The summed E-state index contributed by atoms with van der Waals surface area (Å²) in [6, 6.07) is 12.4. The number of esters is 2. The number of carbonyl (C=O) groups excluding carboxylic acids is 2. The van der Waals surface area contributed by atoms with Crippen LogP contribution in [0.4, 0.5) is 0 Å². The van der Waals surface area contributed by atoms with Gasteiger partial charge in [0.05, 0.1) is 11.8 Å². The van der Waals surface area contributed by atoms with Crippen molar-refractivity contribution in [2.75, 3.05) is 0 Å². The first kappa shape index (κ1) is 27.4. The fourth-order valence-corrected chi connectivity index (χ4v) is 6.65. The summed E-state index contributed by atoms with van der Waals surface area (Å²) >= 11 is 0. The van der Waals surface area contributed by atoms with Crippen LogP contribution < -0.4 is 9.47 Å². The maximum atomic E-state index is 13.6. The van der Waals surface area contributed by atoms with E-state index in [4.69, 9.17) is 9.47 Å². The van der Waals surface area contributed by atoms with Gasteiger partial charge >= 0.3 is 11.9 Å². The molecular formula is C33H44O4. The molecule has 2 aromatic carbocycles. The van der Waals surface area contributed by atoms with Crippen molar-refractivity contribution in [2.45, 2.75) is 98.3 Å². The summed E-state index contributed by atoms with van der Waals surface area (Å²) in [5.41, 5.74) is 4.81. The van der Waals surface area contributed by atoms with Crippen LogP contribution in [0.5, 0.6) is 11.5 Å². The zero-order valence-corrected chi connectivity index (χ0v) is 23.2. The Hall–Kier alpha value is -2.62. The molecule has 2 aromatic rings. The average molecular weight is 505 g/mol. The normalized spacial score (nSPS) is 22.3. The predicted octanol–water partition coefficient (Wildman–Crippen LogP) is 7.67. The zero-order valence-electron chi connectivity index (χ0n) is 23.2. The van der Waals surface area contributed by atoms with Crippen LogP contribution in [-0.2, 0) is 35.3 Å². The fraction of sp³-hybridized carbons (Fsp3) is 0.576. The third-order valence-corrected chi connectivity index (χ3v) is 8.10. The third-order valence-electron chi connectivity index (χ3n) is 8.10. The summed E-state index contributed by atoms with van der Waals surface area (Å²) in [5, 5.41) is 0. The SMILES string of the molecule is CCCc1cc(CCC)cc(OC(=O)C2C3CCC(C3)C2C(=O)Oc2cc(CCC)cc(CCC)c2)c1. The number of carbonyl (C=O) groups is 2. The van der Waals surface area contributed by atoms with E-state index in [1.54, 1.807) is 0 Å². The number of hydrogen-bond acceptors (Lipinski definition) is 4. The van der Waals surface area contributed by atoms with Crippen LogP contribution in [0.1, 0.15) is 94.9 Å². The molecule has 4 unspecified atom stereocenters. The zero-order chi connectivity index (χ0) is 26.4. The van der Waals surface area contributed by atoms with Crippen LogP contribution in [-0.4, -0.2) is 11.9 Å². The molecule has 0 saturated heterocycles. The molecule has 0 spiro atoms. The van der Waals surface area contributed by atoms with Gasteiger partial charge in [-0.05, 0) is 103 Å². The number of aryl methyl sites for hydroxylation is 4. The van der Waals surface area contributed by atoms with Crippen molar-refractivity contribution in [1.29, 1.82) is 0 Å². The molecule has 0 aromatic heterocycles. The van der Waals surface area contributed by atoms with Gasteiger partial charge in [0.1, 0.15) is 11.5 Å². The van der Waals surface area contributed by atoms with Crippen molar-refractivity contribution in [3.05, 3.63) is 58.7 Å². The second kappa shape index (κ2) is 12.8. The van der Waals surface area contributed by atoms with E-state index in [1.807, 2.05) is 24.3 Å². The van der Waals surface area contributed by atoms with E-state index < -0.39 is 11.8 Å². The monoisotopic (exact) mass is 504 g/mol. The minimum Gasteiger partial charge on any atom is -0.426 e. The molecule has 2 fully saturated rings. The molecule has 2 aliphatic rings. The Labute approximate surface area is 223 Å². The molecule has 37 heavy (non-hydrogen) atoms. The quantitative estimate of drug-likeness (QED) is 0.220. The van der Waals surface area contributed by atoms with E-state index in [0.29, 0.717) is 11.5 Å². The lowest BCUT2D eigenvalue weighted by molar-refractivity contribution is -0.152. The van der Waals surface area contributed by atoms with Gasteiger partial charge in [0.15, 0.2) is 0 Å². The van der Waals surface area contributed by atoms with Crippen molar-refractivity contribution >= 4 is 11.9 Å². The third kappa shape index (κ3) is 6.64. The summed E-state index contributed by atoms with van der Waals surface area (Å²) in [4.78, 5) is 27.1. The van der Waals surface area contributed by atoms with Gasteiger partial charge in [-0.1, -0.05) is 65.5 Å². The van der Waals surface area contributed by atoms with E-state index in [-0.39, 0.29) is 23.8 Å². The molecule has 0 N–H and O–H groups in total. The van der Waals surface area contributed by atoms with E-state index in [1.165, 1.54) is 22.3 Å². The highest BCUT2D eigenvalue weighted by Gasteiger charge is 2.55. The van der Waals surface area contributed by atoms with Crippen LogP contribution >= 0.6 is 0 Å². The standard InChI is InChI=1S/C33H44O4/c1-5-9-22-15-23(10-6-2)18-28(17-22)36-32(34)30-26-13-14-27(21-26)31(30)33(35)37-29-19-24(11-7-3)16-25(20-29)12-8-4/h15-20,26-27,30-31H,5-14,21H2,1-4H3. The number of hydrogen-bond donors (Lipinski definition) is 0. The van der Waals surface area contributed by atoms with Crippen LogP contribution in [0.25, 0.3) is 0 Å². The Morgan fingerprint density at radius 3 is 1.22 bits per heavy atom. The molecule has 0 heterocycles. The van der Waals surface area contributed by atoms with Crippen LogP contribution in [0.2, 0.25) is 0 Å². The van der Waals surface area contributed by atoms with Gasteiger partial charge in [0, 0.05) is 0 Å². The molecule has 0 radical (unpaired) electrons. The summed E-state index contributed by atoms with van der Waals surface area (Å²) in [7, 11) is 0. The largest absolute Gasteiger partial charge is 0.426 e. The van der Waals surface area contributed by atoms with Crippen molar-refractivity contribution in [2.24, 2.45) is 23.7 Å². The maximum Gasteiger partial charge on any atom is 0.315 e. The number of benzene rings is 2. The van der Waals surface area contributed by atoms with Crippen molar-refractivity contribution in [3.63, 3.8) is 0 Å². The Morgan fingerprint density at radius 2 is 0.919 bits per heavy atom. The summed E-state index contributed by atoms with van der Waals surface area (Å²) < 4.78 is 12.0. The van der Waals surface area contributed by atoms with E-state index >= 15 is 0 Å². The van der Waals surface area contributed by atoms with Gasteiger partial charge in [0.2, 0.25) is 0 Å². The number of rotatable bonds is 12.